The highest BCUT2D eigenvalue weighted by atomic mass is 35.5. The Kier molecular flexibility index (Phi) is 4.20. The van der Waals surface area contributed by atoms with Crippen molar-refractivity contribution >= 4 is 40.1 Å². The quantitative estimate of drug-likeness (QED) is 0.317. The number of imidazole rings is 1. The second-order valence-corrected chi connectivity index (χ2v) is 4.93. The van der Waals surface area contributed by atoms with Crippen molar-refractivity contribution in [1.29, 1.82) is 0 Å². The number of carbonyl (C=O) groups is 1. The van der Waals surface area contributed by atoms with Crippen LogP contribution in [0.15, 0.2) is 30.0 Å². The molecule has 0 bridgehead atoms. The first-order chi connectivity index (χ1) is 11.1. The van der Waals surface area contributed by atoms with E-state index < -0.39 is 0 Å². The standard InChI is InChI=1S/C13H11ClN8O/c1-7(4-9(23)8-5-15-2-3-16-8)21-22-12-10-11(18-6-17-10)19-13(14)20-12/h2-3,5-6H,4H2,1H3,(H2,17,18,19,20,22). The Bertz CT molecular complexity index is 876. The molecule has 3 aromatic rings. The van der Waals surface area contributed by atoms with Crippen LogP contribution in [0.25, 0.3) is 11.2 Å². The van der Waals surface area contributed by atoms with Crippen LogP contribution in [0, 0.1) is 0 Å². The van der Waals surface area contributed by atoms with Gasteiger partial charge in [0.15, 0.2) is 17.2 Å². The van der Waals surface area contributed by atoms with Crippen LogP contribution in [-0.2, 0) is 0 Å². The summed E-state index contributed by atoms with van der Waals surface area (Å²) >= 11 is 5.83. The average molecular weight is 331 g/mol. The average Bonchev–Trinajstić information content (AvgIpc) is 3.01. The maximum atomic E-state index is 12.0. The fourth-order valence-corrected chi connectivity index (χ4v) is 2.01. The third-order valence-corrected chi connectivity index (χ3v) is 3.05. The zero-order valence-corrected chi connectivity index (χ0v) is 12.7. The van der Waals surface area contributed by atoms with Crippen molar-refractivity contribution in [2.24, 2.45) is 5.10 Å². The highest BCUT2D eigenvalue weighted by Gasteiger charge is 2.11. The van der Waals surface area contributed by atoms with Gasteiger partial charge >= 0.3 is 0 Å². The number of ketones is 1. The molecule has 0 atom stereocenters. The molecule has 3 aromatic heterocycles. The second-order valence-electron chi connectivity index (χ2n) is 4.59. The van der Waals surface area contributed by atoms with E-state index in [1.807, 2.05) is 0 Å². The Labute approximate surface area is 135 Å². The molecule has 3 heterocycles. The lowest BCUT2D eigenvalue weighted by molar-refractivity contribution is 0.0995. The molecule has 0 saturated carbocycles. The molecule has 0 radical (unpaired) electrons. The number of Topliss-reactive ketones (excluding diaryl/α,β-unsaturated/α-hetero) is 1. The molecule has 10 heteroatoms. The summed E-state index contributed by atoms with van der Waals surface area (Å²) in [6.07, 6.45) is 5.98. The van der Waals surface area contributed by atoms with Crippen LogP contribution >= 0.6 is 11.6 Å². The van der Waals surface area contributed by atoms with Crippen LogP contribution in [0.4, 0.5) is 5.82 Å². The van der Waals surface area contributed by atoms with Crippen molar-refractivity contribution in [2.75, 3.05) is 5.43 Å². The lowest BCUT2D eigenvalue weighted by atomic mass is 10.1. The molecular weight excluding hydrogens is 320 g/mol. The molecule has 0 aromatic carbocycles. The molecule has 0 aliphatic rings. The van der Waals surface area contributed by atoms with Gasteiger partial charge in [-0.05, 0) is 18.5 Å². The summed E-state index contributed by atoms with van der Waals surface area (Å²) in [5.41, 5.74) is 4.62. The molecular formula is C13H11ClN8O. The van der Waals surface area contributed by atoms with Crippen molar-refractivity contribution in [3.05, 3.63) is 35.9 Å². The summed E-state index contributed by atoms with van der Waals surface area (Å²) in [6.45, 7) is 1.72. The summed E-state index contributed by atoms with van der Waals surface area (Å²) in [4.78, 5) is 34.7. The lowest BCUT2D eigenvalue weighted by Crippen LogP contribution is -2.09. The van der Waals surface area contributed by atoms with Gasteiger partial charge < -0.3 is 4.98 Å². The van der Waals surface area contributed by atoms with Gasteiger partial charge in [0.2, 0.25) is 5.28 Å². The summed E-state index contributed by atoms with van der Waals surface area (Å²) in [7, 11) is 0. The van der Waals surface area contributed by atoms with E-state index >= 15 is 0 Å². The molecule has 0 aliphatic carbocycles. The minimum Gasteiger partial charge on any atom is -0.340 e. The number of rotatable bonds is 5. The Balaban J connectivity index is 1.74. The monoisotopic (exact) mass is 330 g/mol. The molecule has 3 rings (SSSR count). The van der Waals surface area contributed by atoms with Crippen molar-refractivity contribution in [1.82, 2.24) is 29.9 Å². The first kappa shape index (κ1) is 15.0. The zero-order chi connectivity index (χ0) is 16.2. The Hall–Kier alpha value is -2.94. The van der Waals surface area contributed by atoms with Crippen LogP contribution in [-0.4, -0.2) is 41.4 Å². The van der Waals surface area contributed by atoms with Gasteiger partial charge in [-0.1, -0.05) is 0 Å². The maximum Gasteiger partial charge on any atom is 0.226 e. The third kappa shape index (κ3) is 3.46. The van der Waals surface area contributed by atoms with Gasteiger partial charge in [0.25, 0.3) is 0 Å². The number of hydrazone groups is 1. The van der Waals surface area contributed by atoms with Crippen LogP contribution < -0.4 is 5.43 Å². The van der Waals surface area contributed by atoms with E-state index in [9.17, 15) is 4.79 Å². The highest BCUT2D eigenvalue weighted by molar-refractivity contribution is 6.28. The van der Waals surface area contributed by atoms with Gasteiger partial charge in [-0.15, -0.1) is 0 Å². The van der Waals surface area contributed by atoms with Crippen LogP contribution in [0.5, 0.6) is 0 Å². The fraction of sp³-hybridized carbons (Fsp3) is 0.154. The summed E-state index contributed by atoms with van der Waals surface area (Å²) in [5.74, 6) is 0.206. The number of aromatic nitrogens is 6. The fourth-order valence-electron chi connectivity index (χ4n) is 1.84. The van der Waals surface area contributed by atoms with E-state index in [-0.39, 0.29) is 17.5 Å². The van der Waals surface area contributed by atoms with Gasteiger partial charge in [0.05, 0.1) is 18.9 Å². The molecule has 0 fully saturated rings. The van der Waals surface area contributed by atoms with Gasteiger partial charge in [0.1, 0.15) is 11.2 Å². The van der Waals surface area contributed by atoms with Gasteiger partial charge in [0, 0.05) is 18.1 Å². The van der Waals surface area contributed by atoms with Crippen molar-refractivity contribution in [3.63, 3.8) is 0 Å². The number of aromatic amines is 1. The van der Waals surface area contributed by atoms with Gasteiger partial charge in [-0.2, -0.15) is 15.1 Å². The summed E-state index contributed by atoms with van der Waals surface area (Å²) < 4.78 is 0. The molecule has 0 unspecified atom stereocenters. The number of fused-ring (bicyclic) bond motifs is 1. The van der Waals surface area contributed by atoms with E-state index in [1.54, 1.807) is 6.92 Å². The molecule has 0 spiro atoms. The third-order valence-electron chi connectivity index (χ3n) is 2.88. The Morgan fingerprint density at radius 3 is 3.00 bits per heavy atom. The van der Waals surface area contributed by atoms with E-state index in [2.05, 4.69) is 40.4 Å². The summed E-state index contributed by atoms with van der Waals surface area (Å²) in [5, 5.41) is 4.18. The van der Waals surface area contributed by atoms with E-state index in [4.69, 9.17) is 11.6 Å². The Morgan fingerprint density at radius 1 is 1.35 bits per heavy atom. The second kappa shape index (κ2) is 6.44. The predicted octanol–water partition coefficient (Wildman–Crippen LogP) is 1.86. The number of anilines is 1. The molecule has 0 aliphatic heterocycles. The zero-order valence-electron chi connectivity index (χ0n) is 12.0. The number of halogens is 1. The first-order valence-corrected chi connectivity index (χ1v) is 6.96. The molecule has 0 amide bonds. The van der Waals surface area contributed by atoms with Crippen molar-refractivity contribution < 1.29 is 4.79 Å². The smallest absolute Gasteiger partial charge is 0.226 e. The SMILES string of the molecule is CC(CC(=O)c1cnccn1)=NNc1nc(Cl)nc2nc[nH]c12. The predicted molar refractivity (Wildman–Crippen MR) is 84.4 cm³/mol. The van der Waals surface area contributed by atoms with E-state index in [1.165, 1.54) is 24.9 Å². The van der Waals surface area contributed by atoms with Crippen LogP contribution in [0.1, 0.15) is 23.8 Å². The van der Waals surface area contributed by atoms with Crippen LogP contribution in [0.3, 0.4) is 0 Å². The van der Waals surface area contributed by atoms with E-state index in [0.29, 0.717) is 28.4 Å². The van der Waals surface area contributed by atoms with Crippen LogP contribution in [0.2, 0.25) is 5.28 Å². The van der Waals surface area contributed by atoms with E-state index in [0.717, 1.165) is 0 Å². The number of nitrogens with one attached hydrogen (secondary N) is 2. The molecule has 116 valence electrons. The van der Waals surface area contributed by atoms with Gasteiger partial charge in [-0.25, -0.2) is 9.97 Å². The highest BCUT2D eigenvalue weighted by Crippen LogP contribution is 2.18. The minimum absolute atomic E-state index is 0.0515. The molecule has 2 N–H and O–H groups in total. The Morgan fingerprint density at radius 2 is 2.22 bits per heavy atom. The number of H-pyrrole nitrogens is 1. The largest absolute Gasteiger partial charge is 0.340 e. The minimum atomic E-state index is -0.173. The first-order valence-electron chi connectivity index (χ1n) is 6.58. The summed E-state index contributed by atoms with van der Waals surface area (Å²) in [6, 6.07) is 0. The van der Waals surface area contributed by atoms with Gasteiger partial charge in [-0.3, -0.25) is 15.2 Å². The molecule has 23 heavy (non-hydrogen) atoms. The lowest BCUT2D eigenvalue weighted by Gasteiger charge is -2.03. The molecule has 9 nitrogen and oxygen atoms in total. The normalized spacial score (nSPS) is 11.7. The van der Waals surface area contributed by atoms with Crippen molar-refractivity contribution in [3.8, 4) is 0 Å². The number of carbonyl (C=O) groups excluding carboxylic acids is 1. The molecule has 0 saturated heterocycles. The number of nitrogens with zero attached hydrogens (tertiary/aromatic N) is 6. The maximum absolute atomic E-state index is 12.0. The number of hydrogen-bond donors (Lipinski definition) is 2. The number of hydrogen-bond acceptors (Lipinski definition) is 8. The topological polar surface area (TPSA) is 122 Å². The van der Waals surface area contributed by atoms with Crippen molar-refractivity contribution in [2.45, 2.75) is 13.3 Å².